The summed E-state index contributed by atoms with van der Waals surface area (Å²) in [6, 6.07) is 13.3. The molecule has 3 nitrogen and oxygen atoms in total. The number of halogens is 3. The van der Waals surface area contributed by atoms with E-state index in [1.165, 1.54) is 12.1 Å². The van der Waals surface area contributed by atoms with Crippen molar-refractivity contribution in [2.24, 2.45) is 0 Å². The van der Waals surface area contributed by atoms with Gasteiger partial charge in [-0.2, -0.15) is 13.2 Å². The molecule has 2 aromatic carbocycles. The molecule has 1 saturated heterocycles. The summed E-state index contributed by atoms with van der Waals surface area (Å²) in [5.74, 6) is 0. The van der Waals surface area contributed by atoms with Crippen LogP contribution in [0.3, 0.4) is 0 Å². The zero-order valence-electron chi connectivity index (χ0n) is 15.1. The number of nitrogens with zero attached hydrogens (tertiary/aromatic N) is 2. The zero-order valence-corrected chi connectivity index (χ0v) is 15.1. The standard InChI is InChI=1S/C21H22F3N3/c1-26-9-11-27(12-10-26)19-13-15-5-2-3-8-18(15)20(19)25-17-7-4-6-16(14-17)21(22,23)24/h2-8,13-14,20,25H,9-12H2,1H3. The van der Waals surface area contributed by atoms with Crippen LogP contribution in [0.1, 0.15) is 22.7 Å². The monoisotopic (exact) mass is 373 g/mol. The van der Waals surface area contributed by atoms with Crippen molar-refractivity contribution in [1.29, 1.82) is 0 Å². The van der Waals surface area contributed by atoms with Gasteiger partial charge in [-0.1, -0.05) is 30.3 Å². The largest absolute Gasteiger partial charge is 0.416 e. The Morgan fingerprint density at radius 2 is 1.70 bits per heavy atom. The van der Waals surface area contributed by atoms with Crippen LogP contribution in [0.5, 0.6) is 0 Å². The van der Waals surface area contributed by atoms with Gasteiger partial charge in [-0.3, -0.25) is 0 Å². The number of anilines is 1. The lowest BCUT2D eigenvalue weighted by molar-refractivity contribution is -0.137. The summed E-state index contributed by atoms with van der Waals surface area (Å²) in [4.78, 5) is 4.62. The van der Waals surface area contributed by atoms with Gasteiger partial charge in [0.25, 0.3) is 0 Å². The smallest absolute Gasteiger partial charge is 0.373 e. The summed E-state index contributed by atoms with van der Waals surface area (Å²) in [5, 5.41) is 3.34. The highest BCUT2D eigenvalue weighted by atomic mass is 19.4. The lowest BCUT2D eigenvalue weighted by atomic mass is 10.0. The Hall–Kier alpha value is -2.47. The Morgan fingerprint density at radius 1 is 0.963 bits per heavy atom. The summed E-state index contributed by atoms with van der Waals surface area (Å²) in [6.45, 7) is 3.78. The van der Waals surface area contributed by atoms with Crippen LogP contribution in [0.4, 0.5) is 18.9 Å². The number of nitrogens with one attached hydrogen (secondary N) is 1. The van der Waals surface area contributed by atoms with E-state index < -0.39 is 11.7 Å². The maximum atomic E-state index is 13.1. The SMILES string of the molecule is CN1CCN(C2=Cc3ccccc3C2Nc2cccc(C(F)(F)F)c2)CC1. The molecule has 2 aliphatic rings. The van der Waals surface area contributed by atoms with E-state index in [4.69, 9.17) is 0 Å². The molecule has 4 rings (SSSR count). The minimum atomic E-state index is -4.35. The van der Waals surface area contributed by atoms with Crippen LogP contribution in [-0.4, -0.2) is 43.0 Å². The van der Waals surface area contributed by atoms with Gasteiger partial charge < -0.3 is 15.1 Å². The van der Waals surface area contributed by atoms with E-state index in [0.717, 1.165) is 49.1 Å². The molecule has 1 unspecified atom stereocenters. The highest BCUT2D eigenvalue weighted by Crippen LogP contribution is 2.39. The molecule has 0 amide bonds. The van der Waals surface area contributed by atoms with Crippen LogP contribution in [0.25, 0.3) is 6.08 Å². The fraction of sp³-hybridized carbons (Fsp3) is 0.333. The van der Waals surface area contributed by atoms with E-state index in [2.05, 4.69) is 34.3 Å². The molecule has 1 aliphatic carbocycles. The zero-order chi connectivity index (χ0) is 19.0. The fourth-order valence-electron chi connectivity index (χ4n) is 3.75. The van der Waals surface area contributed by atoms with Crippen molar-refractivity contribution >= 4 is 11.8 Å². The fourth-order valence-corrected chi connectivity index (χ4v) is 3.75. The van der Waals surface area contributed by atoms with Crippen molar-refractivity contribution in [3.63, 3.8) is 0 Å². The summed E-state index contributed by atoms with van der Waals surface area (Å²) in [5.41, 5.74) is 3.19. The lowest BCUT2D eigenvalue weighted by Gasteiger charge is -2.37. The number of hydrogen-bond acceptors (Lipinski definition) is 3. The molecule has 1 heterocycles. The quantitative estimate of drug-likeness (QED) is 0.857. The second kappa shape index (κ2) is 6.93. The highest BCUT2D eigenvalue weighted by Gasteiger charge is 2.32. The number of fused-ring (bicyclic) bond motifs is 1. The first-order chi connectivity index (χ1) is 12.9. The third-order valence-corrected chi connectivity index (χ3v) is 5.28. The lowest BCUT2D eigenvalue weighted by Crippen LogP contribution is -2.44. The van der Waals surface area contributed by atoms with Gasteiger partial charge in [-0.15, -0.1) is 0 Å². The van der Waals surface area contributed by atoms with Gasteiger partial charge in [0.15, 0.2) is 0 Å². The number of benzene rings is 2. The molecular weight excluding hydrogens is 351 g/mol. The summed E-state index contributed by atoms with van der Waals surface area (Å²) >= 11 is 0. The molecule has 0 spiro atoms. The van der Waals surface area contributed by atoms with Crippen LogP contribution in [-0.2, 0) is 6.18 Å². The van der Waals surface area contributed by atoms with Crippen LogP contribution < -0.4 is 5.32 Å². The Morgan fingerprint density at radius 3 is 2.44 bits per heavy atom. The van der Waals surface area contributed by atoms with Crippen molar-refractivity contribution in [3.05, 3.63) is 70.9 Å². The predicted octanol–water partition coefficient (Wildman–Crippen LogP) is 4.46. The van der Waals surface area contributed by atoms with Crippen molar-refractivity contribution in [2.45, 2.75) is 12.2 Å². The molecule has 1 fully saturated rings. The Balaban J connectivity index is 1.64. The first-order valence-corrected chi connectivity index (χ1v) is 9.09. The van der Waals surface area contributed by atoms with Crippen LogP contribution in [0.15, 0.2) is 54.2 Å². The van der Waals surface area contributed by atoms with Gasteiger partial charge in [0.1, 0.15) is 0 Å². The third-order valence-electron chi connectivity index (χ3n) is 5.28. The second-order valence-electron chi connectivity index (χ2n) is 7.14. The molecular formula is C21H22F3N3. The van der Waals surface area contributed by atoms with Crippen LogP contribution in [0.2, 0.25) is 0 Å². The van der Waals surface area contributed by atoms with Crippen LogP contribution >= 0.6 is 0 Å². The van der Waals surface area contributed by atoms with E-state index in [9.17, 15) is 13.2 Å². The average Bonchev–Trinajstić information content (AvgIpc) is 3.01. The van der Waals surface area contributed by atoms with Gasteiger partial charge in [0, 0.05) is 37.6 Å². The van der Waals surface area contributed by atoms with E-state index in [-0.39, 0.29) is 6.04 Å². The molecule has 6 heteroatoms. The van der Waals surface area contributed by atoms with E-state index in [0.29, 0.717) is 5.69 Å². The number of hydrogen-bond donors (Lipinski definition) is 1. The average molecular weight is 373 g/mol. The van der Waals surface area contributed by atoms with Gasteiger partial charge in [-0.25, -0.2) is 0 Å². The Bertz CT molecular complexity index is 852. The summed E-state index contributed by atoms with van der Waals surface area (Å²) < 4.78 is 39.2. The Labute approximate surface area is 157 Å². The molecule has 2 aromatic rings. The summed E-state index contributed by atoms with van der Waals surface area (Å²) in [6.07, 6.45) is -2.19. The number of rotatable bonds is 3. The molecule has 0 saturated carbocycles. The van der Waals surface area contributed by atoms with Crippen molar-refractivity contribution in [2.75, 3.05) is 38.5 Å². The predicted molar refractivity (Wildman–Crippen MR) is 101 cm³/mol. The highest BCUT2D eigenvalue weighted by molar-refractivity contribution is 5.68. The molecule has 1 atom stereocenters. The molecule has 0 radical (unpaired) electrons. The second-order valence-corrected chi connectivity index (χ2v) is 7.14. The number of likely N-dealkylation sites (N-methyl/N-ethyl adjacent to an activating group) is 1. The van der Waals surface area contributed by atoms with Crippen molar-refractivity contribution in [1.82, 2.24) is 9.80 Å². The number of alkyl halides is 3. The normalized spacial score (nSPS) is 20.4. The molecule has 1 aliphatic heterocycles. The van der Waals surface area contributed by atoms with Gasteiger partial charge in [0.05, 0.1) is 11.6 Å². The first kappa shape index (κ1) is 17.9. The topological polar surface area (TPSA) is 18.5 Å². The minimum Gasteiger partial charge on any atom is -0.373 e. The van der Waals surface area contributed by atoms with Gasteiger partial charge >= 0.3 is 6.18 Å². The Kier molecular flexibility index (Phi) is 4.60. The van der Waals surface area contributed by atoms with Gasteiger partial charge in [0.2, 0.25) is 0 Å². The third kappa shape index (κ3) is 3.67. The minimum absolute atomic E-state index is 0.145. The maximum absolute atomic E-state index is 13.1. The van der Waals surface area contributed by atoms with E-state index in [1.807, 2.05) is 18.2 Å². The maximum Gasteiger partial charge on any atom is 0.416 e. The number of piperazine rings is 1. The molecule has 0 aromatic heterocycles. The molecule has 0 bridgehead atoms. The van der Waals surface area contributed by atoms with E-state index >= 15 is 0 Å². The van der Waals surface area contributed by atoms with Crippen molar-refractivity contribution < 1.29 is 13.2 Å². The molecule has 142 valence electrons. The summed E-state index contributed by atoms with van der Waals surface area (Å²) in [7, 11) is 2.10. The first-order valence-electron chi connectivity index (χ1n) is 9.09. The molecule has 27 heavy (non-hydrogen) atoms. The van der Waals surface area contributed by atoms with Gasteiger partial charge in [-0.05, 0) is 42.4 Å². The molecule has 1 N–H and O–H groups in total. The van der Waals surface area contributed by atoms with Crippen LogP contribution in [0, 0.1) is 0 Å². The van der Waals surface area contributed by atoms with Crippen molar-refractivity contribution in [3.8, 4) is 0 Å². The van der Waals surface area contributed by atoms with E-state index in [1.54, 1.807) is 6.07 Å².